The topological polar surface area (TPSA) is 21.3 Å². The van der Waals surface area contributed by atoms with E-state index in [0.29, 0.717) is 19.8 Å². The summed E-state index contributed by atoms with van der Waals surface area (Å²) >= 11 is 0. The first-order valence-electron chi connectivity index (χ1n) is 5.12. The van der Waals surface area contributed by atoms with Gasteiger partial charge in [0.1, 0.15) is 0 Å². The molecule has 0 bridgehead atoms. The fourth-order valence-corrected chi connectivity index (χ4v) is 1.17. The van der Waals surface area contributed by atoms with Crippen LogP contribution in [0.4, 0.5) is 18.9 Å². The first kappa shape index (κ1) is 12.8. The molecule has 16 heavy (non-hydrogen) atoms. The number of ether oxygens (including phenoxy) is 1. The summed E-state index contributed by atoms with van der Waals surface area (Å²) in [5, 5.41) is 2.63. The highest BCUT2D eigenvalue weighted by Gasteiger charge is 2.12. The van der Waals surface area contributed by atoms with Gasteiger partial charge < -0.3 is 10.1 Å². The minimum absolute atomic E-state index is 0.0565. The molecule has 0 aromatic heterocycles. The first-order chi connectivity index (χ1) is 7.66. The molecule has 1 rings (SSSR count). The van der Waals surface area contributed by atoms with Gasteiger partial charge in [0.15, 0.2) is 17.5 Å². The van der Waals surface area contributed by atoms with Gasteiger partial charge in [-0.25, -0.2) is 13.2 Å². The lowest BCUT2D eigenvalue weighted by Gasteiger charge is -2.08. The monoisotopic (exact) mass is 233 g/mol. The first-order valence-corrected chi connectivity index (χ1v) is 5.12. The third-order valence-corrected chi connectivity index (χ3v) is 1.95. The summed E-state index contributed by atoms with van der Waals surface area (Å²) in [6, 6.07) is 2.04. The van der Waals surface area contributed by atoms with Gasteiger partial charge in [0, 0.05) is 13.2 Å². The van der Waals surface area contributed by atoms with E-state index in [2.05, 4.69) is 5.32 Å². The molecule has 1 N–H and O–H groups in total. The van der Waals surface area contributed by atoms with E-state index in [0.717, 1.165) is 18.6 Å². The summed E-state index contributed by atoms with van der Waals surface area (Å²) < 4.78 is 43.6. The SMILES string of the molecule is CCCOCCNc1ccc(F)c(F)c1F. The third-order valence-electron chi connectivity index (χ3n) is 1.95. The summed E-state index contributed by atoms with van der Waals surface area (Å²) in [6.45, 7) is 3.35. The van der Waals surface area contributed by atoms with E-state index in [1.165, 1.54) is 0 Å². The van der Waals surface area contributed by atoms with Gasteiger partial charge in [-0.05, 0) is 18.6 Å². The highest BCUT2D eigenvalue weighted by Crippen LogP contribution is 2.19. The van der Waals surface area contributed by atoms with Gasteiger partial charge in [0.25, 0.3) is 0 Å². The van der Waals surface area contributed by atoms with Crippen LogP contribution in [0.5, 0.6) is 0 Å². The van der Waals surface area contributed by atoms with Crippen LogP contribution in [0, 0.1) is 17.5 Å². The van der Waals surface area contributed by atoms with Crippen molar-refractivity contribution in [1.82, 2.24) is 0 Å². The van der Waals surface area contributed by atoms with E-state index in [-0.39, 0.29) is 5.69 Å². The van der Waals surface area contributed by atoms with Crippen molar-refractivity contribution in [2.45, 2.75) is 13.3 Å². The quantitative estimate of drug-likeness (QED) is 0.602. The zero-order chi connectivity index (χ0) is 12.0. The van der Waals surface area contributed by atoms with E-state index >= 15 is 0 Å². The Hall–Kier alpha value is -1.23. The van der Waals surface area contributed by atoms with Crippen LogP contribution in [-0.2, 0) is 4.74 Å². The number of hydrogen-bond donors (Lipinski definition) is 1. The molecule has 0 aliphatic carbocycles. The molecule has 0 heterocycles. The Morgan fingerprint density at radius 1 is 1.12 bits per heavy atom. The van der Waals surface area contributed by atoms with Gasteiger partial charge >= 0.3 is 0 Å². The zero-order valence-corrected chi connectivity index (χ0v) is 9.03. The maximum absolute atomic E-state index is 13.1. The molecule has 1 aromatic rings. The van der Waals surface area contributed by atoms with Crippen LogP contribution >= 0.6 is 0 Å². The van der Waals surface area contributed by atoms with Crippen LogP contribution in [0.3, 0.4) is 0 Å². The summed E-state index contributed by atoms with van der Waals surface area (Å²) in [5.74, 6) is -3.85. The number of hydrogen-bond acceptors (Lipinski definition) is 2. The number of benzene rings is 1. The Morgan fingerprint density at radius 3 is 2.56 bits per heavy atom. The van der Waals surface area contributed by atoms with Crippen molar-refractivity contribution in [1.29, 1.82) is 0 Å². The molecule has 0 fully saturated rings. The maximum Gasteiger partial charge on any atom is 0.196 e. The van der Waals surface area contributed by atoms with E-state index in [1.54, 1.807) is 0 Å². The summed E-state index contributed by atoms with van der Waals surface area (Å²) in [4.78, 5) is 0. The predicted molar refractivity (Wildman–Crippen MR) is 55.9 cm³/mol. The second-order valence-corrected chi connectivity index (χ2v) is 3.26. The van der Waals surface area contributed by atoms with Crippen molar-refractivity contribution < 1.29 is 17.9 Å². The van der Waals surface area contributed by atoms with Crippen LogP contribution in [-0.4, -0.2) is 19.8 Å². The van der Waals surface area contributed by atoms with Crippen LogP contribution in [0.25, 0.3) is 0 Å². The second kappa shape index (κ2) is 6.37. The number of anilines is 1. The van der Waals surface area contributed by atoms with Crippen LogP contribution in [0.1, 0.15) is 13.3 Å². The molecule has 0 amide bonds. The molecule has 0 aliphatic heterocycles. The molecule has 0 aliphatic rings. The minimum atomic E-state index is -1.46. The van der Waals surface area contributed by atoms with E-state index in [4.69, 9.17) is 4.74 Å². The van der Waals surface area contributed by atoms with Crippen molar-refractivity contribution in [2.75, 3.05) is 25.1 Å². The second-order valence-electron chi connectivity index (χ2n) is 3.26. The molecule has 0 saturated heterocycles. The molecular weight excluding hydrogens is 219 g/mol. The Balaban J connectivity index is 2.45. The fourth-order valence-electron chi connectivity index (χ4n) is 1.17. The van der Waals surface area contributed by atoms with Crippen molar-refractivity contribution in [2.24, 2.45) is 0 Å². The summed E-state index contributed by atoms with van der Waals surface area (Å²) in [5.41, 5.74) is -0.0565. The highest BCUT2D eigenvalue weighted by molar-refractivity contribution is 5.45. The van der Waals surface area contributed by atoms with Gasteiger partial charge in [-0.3, -0.25) is 0 Å². The van der Waals surface area contributed by atoms with Crippen LogP contribution < -0.4 is 5.32 Å². The standard InChI is InChI=1S/C11H14F3NO/c1-2-6-16-7-5-15-9-4-3-8(12)10(13)11(9)14/h3-4,15H,2,5-7H2,1H3. The summed E-state index contributed by atoms with van der Waals surface area (Å²) in [7, 11) is 0. The van der Waals surface area contributed by atoms with Crippen molar-refractivity contribution in [3.63, 3.8) is 0 Å². The lowest BCUT2D eigenvalue weighted by Crippen LogP contribution is -2.11. The van der Waals surface area contributed by atoms with Gasteiger partial charge in [0.05, 0.1) is 12.3 Å². The highest BCUT2D eigenvalue weighted by atomic mass is 19.2. The Kier molecular flexibility index (Phi) is 5.11. The lowest BCUT2D eigenvalue weighted by molar-refractivity contribution is 0.144. The molecular formula is C11H14F3NO. The van der Waals surface area contributed by atoms with Crippen LogP contribution in [0.15, 0.2) is 12.1 Å². The van der Waals surface area contributed by atoms with E-state index < -0.39 is 17.5 Å². The van der Waals surface area contributed by atoms with Crippen LogP contribution in [0.2, 0.25) is 0 Å². The van der Waals surface area contributed by atoms with Crippen molar-refractivity contribution in [3.8, 4) is 0 Å². The van der Waals surface area contributed by atoms with Gasteiger partial charge in [-0.1, -0.05) is 6.92 Å². The molecule has 1 aromatic carbocycles. The summed E-state index contributed by atoms with van der Waals surface area (Å²) in [6.07, 6.45) is 0.902. The smallest absolute Gasteiger partial charge is 0.196 e. The molecule has 2 nitrogen and oxygen atoms in total. The van der Waals surface area contributed by atoms with Gasteiger partial charge in [-0.2, -0.15) is 0 Å². The van der Waals surface area contributed by atoms with Gasteiger partial charge in [-0.15, -0.1) is 0 Å². The maximum atomic E-state index is 13.1. The predicted octanol–water partition coefficient (Wildman–Crippen LogP) is 2.94. The molecule has 0 saturated carbocycles. The minimum Gasteiger partial charge on any atom is -0.380 e. The lowest BCUT2D eigenvalue weighted by atomic mass is 10.3. The van der Waals surface area contributed by atoms with E-state index in [9.17, 15) is 13.2 Å². The molecule has 0 radical (unpaired) electrons. The van der Waals surface area contributed by atoms with E-state index in [1.807, 2.05) is 6.92 Å². The average molecular weight is 233 g/mol. The number of halogens is 3. The molecule has 90 valence electrons. The van der Waals surface area contributed by atoms with Crippen molar-refractivity contribution in [3.05, 3.63) is 29.6 Å². The van der Waals surface area contributed by atoms with Gasteiger partial charge in [0.2, 0.25) is 0 Å². The number of rotatable bonds is 6. The molecule has 0 unspecified atom stereocenters. The Morgan fingerprint density at radius 2 is 1.88 bits per heavy atom. The number of nitrogens with one attached hydrogen (secondary N) is 1. The molecule has 0 spiro atoms. The average Bonchev–Trinajstić information content (AvgIpc) is 2.28. The zero-order valence-electron chi connectivity index (χ0n) is 9.03. The molecule has 5 heteroatoms. The fraction of sp³-hybridized carbons (Fsp3) is 0.455. The Bertz CT molecular complexity index is 344. The van der Waals surface area contributed by atoms with Crippen molar-refractivity contribution >= 4 is 5.69 Å². The Labute approximate surface area is 92.4 Å². The third kappa shape index (κ3) is 3.41. The normalized spacial score (nSPS) is 10.5. The largest absolute Gasteiger partial charge is 0.380 e. The molecule has 0 atom stereocenters.